The second-order valence-electron chi connectivity index (χ2n) is 6.41. The number of nitrogens with zero attached hydrogens (tertiary/aromatic N) is 3. The number of benzene rings is 2. The van der Waals surface area contributed by atoms with Gasteiger partial charge in [-0.3, -0.25) is 14.3 Å². The smallest absolute Gasteiger partial charge is 0.262 e. The molecule has 0 saturated carbocycles. The summed E-state index contributed by atoms with van der Waals surface area (Å²) in [7, 11) is 1.55. The van der Waals surface area contributed by atoms with Crippen LogP contribution in [0.15, 0.2) is 76.9 Å². The molecule has 0 spiro atoms. The first-order valence-corrected chi connectivity index (χ1v) is 9.98. The summed E-state index contributed by atoms with van der Waals surface area (Å²) in [6, 6.07) is 15.4. The van der Waals surface area contributed by atoms with E-state index in [4.69, 9.17) is 9.72 Å². The highest BCUT2D eigenvalue weighted by atomic mass is 32.2. The number of aromatic nitrogens is 3. The normalized spacial score (nSPS) is 11.0. The van der Waals surface area contributed by atoms with E-state index in [9.17, 15) is 9.18 Å². The molecule has 0 aliphatic rings. The Bertz CT molecular complexity index is 1210. The van der Waals surface area contributed by atoms with Crippen LogP contribution in [0.1, 0.15) is 11.1 Å². The maximum absolute atomic E-state index is 13.7. The average Bonchev–Trinajstić information content (AvgIpc) is 2.75. The van der Waals surface area contributed by atoms with Gasteiger partial charge in [0.25, 0.3) is 5.56 Å². The number of fused-ring (bicyclic) bond motifs is 1. The average molecular weight is 407 g/mol. The fourth-order valence-electron chi connectivity index (χ4n) is 3.07. The predicted octanol–water partition coefficient (Wildman–Crippen LogP) is 4.28. The van der Waals surface area contributed by atoms with Gasteiger partial charge in [0.05, 0.1) is 24.6 Å². The standard InChI is InChI=1S/C22H18FN3O2S/c1-28-20-9-8-17(23)11-16(20)14-29-22-25-19-7-3-2-6-18(19)21(27)26(22)13-15-5-4-10-24-12-15/h2-12H,13-14H2,1H3. The Labute approximate surface area is 171 Å². The van der Waals surface area contributed by atoms with Gasteiger partial charge in [0.15, 0.2) is 5.16 Å². The zero-order valence-corrected chi connectivity index (χ0v) is 16.5. The topological polar surface area (TPSA) is 57.0 Å². The molecule has 2 aromatic heterocycles. The lowest BCUT2D eigenvalue weighted by Crippen LogP contribution is -2.24. The van der Waals surface area contributed by atoms with Gasteiger partial charge >= 0.3 is 0 Å². The highest BCUT2D eigenvalue weighted by Crippen LogP contribution is 2.28. The number of rotatable bonds is 6. The van der Waals surface area contributed by atoms with Crippen LogP contribution in [-0.4, -0.2) is 21.6 Å². The summed E-state index contributed by atoms with van der Waals surface area (Å²) in [4.78, 5) is 22.0. The molecule has 7 heteroatoms. The number of hydrogen-bond acceptors (Lipinski definition) is 5. The van der Waals surface area contributed by atoms with Crippen molar-refractivity contribution < 1.29 is 9.13 Å². The molecule has 0 saturated heterocycles. The molecule has 0 fully saturated rings. The summed E-state index contributed by atoms with van der Waals surface area (Å²) in [6.07, 6.45) is 3.42. The van der Waals surface area contributed by atoms with E-state index in [0.717, 1.165) is 5.56 Å². The molecule has 5 nitrogen and oxygen atoms in total. The van der Waals surface area contributed by atoms with Gasteiger partial charge in [0, 0.05) is 23.7 Å². The molecule has 0 aliphatic heterocycles. The Kier molecular flexibility index (Phi) is 5.57. The van der Waals surface area contributed by atoms with Crippen LogP contribution < -0.4 is 10.3 Å². The summed E-state index contributed by atoms with van der Waals surface area (Å²) in [5.74, 6) is 0.681. The lowest BCUT2D eigenvalue weighted by Gasteiger charge is -2.14. The fourth-order valence-corrected chi connectivity index (χ4v) is 4.05. The molecule has 0 radical (unpaired) electrons. The SMILES string of the molecule is COc1ccc(F)cc1CSc1nc2ccccc2c(=O)n1Cc1cccnc1. The van der Waals surface area contributed by atoms with E-state index in [1.165, 1.54) is 23.9 Å². The largest absolute Gasteiger partial charge is 0.496 e. The van der Waals surface area contributed by atoms with E-state index in [2.05, 4.69) is 4.98 Å². The third-order valence-electron chi connectivity index (χ3n) is 4.49. The van der Waals surface area contributed by atoms with E-state index >= 15 is 0 Å². The number of thioether (sulfide) groups is 1. The van der Waals surface area contributed by atoms with Gasteiger partial charge in [-0.25, -0.2) is 9.37 Å². The quantitative estimate of drug-likeness (QED) is 0.353. The first kappa shape index (κ1) is 19.1. The summed E-state index contributed by atoms with van der Waals surface area (Å²) in [5.41, 5.74) is 2.12. The Morgan fingerprint density at radius 2 is 2.00 bits per heavy atom. The summed E-state index contributed by atoms with van der Waals surface area (Å²) < 4.78 is 20.7. The molecule has 29 heavy (non-hydrogen) atoms. The number of halogens is 1. The van der Waals surface area contributed by atoms with Crippen molar-refractivity contribution in [2.75, 3.05) is 7.11 Å². The van der Waals surface area contributed by atoms with Crippen LogP contribution >= 0.6 is 11.8 Å². The minimum Gasteiger partial charge on any atom is -0.496 e. The molecule has 0 bridgehead atoms. The van der Waals surface area contributed by atoms with Crippen molar-refractivity contribution in [2.24, 2.45) is 0 Å². The van der Waals surface area contributed by atoms with Crippen LogP contribution in [0.5, 0.6) is 5.75 Å². The molecule has 0 amide bonds. The van der Waals surface area contributed by atoms with Gasteiger partial charge in [0.2, 0.25) is 0 Å². The summed E-state index contributed by atoms with van der Waals surface area (Å²) >= 11 is 1.37. The van der Waals surface area contributed by atoms with Crippen LogP contribution in [0.4, 0.5) is 4.39 Å². The van der Waals surface area contributed by atoms with E-state index < -0.39 is 0 Å². The van der Waals surface area contributed by atoms with Gasteiger partial charge in [-0.2, -0.15) is 0 Å². The fraction of sp³-hybridized carbons (Fsp3) is 0.136. The van der Waals surface area contributed by atoms with Crippen molar-refractivity contribution in [3.05, 3.63) is 94.3 Å². The van der Waals surface area contributed by atoms with Crippen molar-refractivity contribution >= 4 is 22.7 Å². The molecular weight excluding hydrogens is 389 g/mol. The molecule has 0 atom stereocenters. The molecule has 2 heterocycles. The lowest BCUT2D eigenvalue weighted by atomic mass is 10.2. The highest BCUT2D eigenvalue weighted by molar-refractivity contribution is 7.98. The third-order valence-corrected chi connectivity index (χ3v) is 5.51. The van der Waals surface area contributed by atoms with Gasteiger partial charge in [-0.1, -0.05) is 30.0 Å². The number of para-hydroxylation sites is 1. The van der Waals surface area contributed by atoms with Crippen molar-refractivity contribution in [1.82, 2.24) is 14.5 Å². The van der Waals surface area contributed by atoms with E-state index in [1.807, 2.05) is 30.3 Å². The number of hydrogen-bond donors (Lipinski definition) is 0. The van der Waals surface area contributed by atoms with Gasteiger partial charge in [0.1, 0.15) is 11.6 Å². The maximum Gasteiger partial charge on any atom is 0.262 e. The highest BCUT2D eigenvalue weighted by Gasteiger charge is 2.14. The number of pyridine rings is 1. The monoisotopic (exact) mass is 407 g/mol. The Morgan fingerprint density at radius 1 is 1.14 bits per heavy atom. The number of methoxy groups -OCH3 is 1. The zero-order valence-electron chi connectivity index (χ0n) is 15.7. The predicted molar refractivity (Wildman–Crippen MR) is 112 cm³/mol. The molecule has 4 rings (SSSR count). The van der Waals surface area contributed by atoms with Crippen LogP contribution in [0.2, 0.25) is 0 Å². The van der Waals surface area contributed by atoms with Crippen LogP contribution in [0.25, 0.3) is 10.9 Å². The van der Waals surface area contributed by atoms with Crippen LogP contribution in [0.3, 0.4) is 0 Å². The summed E-state index contributed by atoms with van der Waals surface area (Å²) in [5, 5.41) is 1.12. The van der Waals surface area contributed by atoms with Crippen molar-refractivity contribution in [3.8, 4) is 5.75 Å². The number of ether oxygens (including phenoxy) is 1. The molecule has 0 unspecified atom stereocenters. The van der Waals surface area contributed by atoms with Crippen molar-refractivity contribution in [3.63, 3.8) is 0 Å². The van der Waals surface area contributed by atoms with Gasteiger partial charge in [-0.15, -0.1) is 0 Å². The molecule has 0 N–H and O–H groups in total. The maximum atomic E-state index is 13.7. The Hall–Kier alpha value is -3.19. The van der Waals surface area contributed by atoms with Gasteiger partial charge in [-0.05, 0) is 42.0 Å². The molecule has 4 aromatic rings. The molecular formula is C22H18FN3O2S. The first-order chi connectivity index (χ1) is 14.2. The minimum absolute atomic E-state index is 0.117. The minimum atomic E-state index is -0.333. The van der Waals surface area contributed by atoms with Crippen LogP contribution in [-0.2, 0) is 12.3 Å². The third kappa shape index (κ3) is 4.14. The second kappa shape index (κ2) is 8.45. The lowest BCUT2D eigenvalue weighted by molar-refractivity contribution is 0.410. The molecule has 2 aromatic carbocycles. The van der Waals surface area contributed by atoms with Crippen molar-refractivity contribution in [2.45, 2.75) is 17.5 Å². The molecule has 146 valence electrons. The van der Waals surface area contributed by atoms with Gasteiger partial charge < -0.3 is 4.74 Å². The van der Waals surface area contributed by atoms with E-state index in [1.54, 1.807) is 36.2 Å². The zero-order chi connectivity index (χ0) is 20.2. The van der Waals surface area contributed by atoms with Crippen molar-refractivity contribution in [1.29, 1.82) is 0 Å². The molecule has 0 aliphatic carbocycles. The van der Waals surface area contributed by atoms with E-state index in [-0.39, 0.29) is 11.4 Å². The second-order valence-corrected chi connectivity index (χ2v) is 7.35. The van der Waals surface area contributed by atoms with Crippen LogP contribution in [0, 0.1) is 5.82 Å². The Morgan fingerprint density at radius 3 is 2.79 bits per heavy atom. The summed E-state index contributed by atoms with van der Waals surface area (Å²) in [6.45, 7) is 0.354. The Balaban J connectivity index is 1.75. The first-order valence-electron chi connectivity index (χ1n) is 8.99. The van der Waals surface area contributed by atoms with E-state index in [0.29, 0.717) is 39.7 Å².